The maximum Gasteiger partial charge on any atom is 0.435 e. The van der Waals surface area contributed by atoms with Crippen LogP contribution in [0.5, 0.6) is 0 Å². The van der Waals surface area contributed by atoms with E-state index in [0.717, 1.165) is 24.0 Å². The lowest BCUT2D eigenvalue weighted by molar-refractivity contribution is -0.275. The molecule has 1 unspecified atom stereocenters. The molecule has 36 heavy (non-hydrogen) atoms. The molecular formula is C24H20Cl2F3N5O2. The van der Waals surface area contributed by atoms with Crippen LogP contribution in [0.4, 0.5) is 13.2 Å². The highest BCUT2D eigenvalue weighted by Gasteiger charge is 2.63. The molecule has 0 bridgehead atoms. The number of oxime groups is 1. The standard InChI is InChI=1S/C24H20Cl2F3N5O2/c25-17-6-16(7-18(26)8-17)23(24(27,28)29)9-20(33-36-23)34-11-14-5-19(31-10-15(14)12-34)21(35)32-22(13-30)3-1-2-4-22/h5-8,10H,1-4,9,11-12H2,(H,32,35). The Bertz CT molecular complexity index is 1280. The van der Waals surface area contributed by atoms with Crippen LogP contribution in [0.15, 0.2) is 35.6 Å². The quantitative estimate of drug-likeness (QED) is 0.561. The number of alkyl halides is 3. The van der Waals surface area contributed by atoms with E-state index in [1.165, 1.54) is 24.4 Å². The molecule has 188 valence electrons. The first kappa shape index (κ1) is 24.7. The highest BCUT2D eigenvalue weighted by molar-refractivity contribution is 6.34. The van der Waals surface area contributed by atoms with Crippen molar-refractivity contribution in [1.29, 1.82) is 5.26 Å². The van der Waals surface area contributed by atoms with Crippen molar-refractivity contribution in [2.24, 2.45) is 5.16 Å². The van der Waals surface area contributed by atoms with Crippen LogP contribution in [0.1, 0.15) is 59.3 Å². The minimum Gasteiger partial charge on any atom is -0.372 e. The number of halogens is 5. The Kier molecular flexibility index (Phi) is 6.04. The lowest BCUT2D eigenvalue weighted by atomic mass is 9.89. The molecule has 1 fully saturated rings. The second-order valence-corrected chi connectivity index (χ2v) is 10.2. The summed E-state index contributed by atoms with van der Waals surface area (Å²) in [5.41, 5.74) is -2.18. The number of rotatable bonds is 3. The van der Waals surface area contributed by atoms with Gasteiger partial charge in [-0.25, -0.2) is 0 Å². The van der Waals surface area contributed by atoms with Crippen molar-refractivity contribution in [2.45, 2.75) is 62.5 Å². The summed E-state index contributed by atoms with van der Waals surface area (Å²) >= 11 is 11.9. The Morgan fingerprint density at radius 3 is 2.42 bits per heavy atom. The van der Waals surface area contributed by atoms with Crippen molar-refractivity contribution in [3.63, 3.8) is 0 Å². The number of carbonyl (C=O) groups is 1. The molecule has 0 saturated heterocycles. The van der Waals surface area contributed by atoms with Gasteiger partial charge in [-0.3, -0.25) is 9.78 Å². The van der Waals surface area contributed by atoms with Crippen molar-refractivity contribution >= 4 is 34.9 Å². The van der Waals surface area contributed by atoms with Gasteiger partial charge in [0.25, 0.3) is 11.5 Å². The van der Waals surface area contributed by atoms with Crippen molar-refractivity contribution < 1.29 is 22.8 Å². The van der Waals surface area contributed by atoms with Crippen LogP contribution in [0.3, 0.4) is 0 Å². The van der Waals surface area contributed by atoms with Gasteiger partial charge in [0.1, 0.15) is 17.1 Å². The van der Waals surface area contributed by atoms with Crippen LogP contribution in [0, 0.1) is 11.3 Å². The summed E-state index contributed by atoms with van der Waals surface area (Å²) in [5.74, 6) is -0.338. The number of aromatic nitrogens is 1. The van der Waals surface area contributed by atoms with Gasteiger partial charge in [-0.15, -0.1) is 0 Å². The fourth-order valence-electron chi connectivity index (χ4n) is 4.96. The van der Waals surface area contributed by atoms with E-state index in [2.05, 4.69) is 21.5 Å². The van der Waals surface area contributed by atoms with Crippen molar-refractivity contribution in [3.8, 4) is 6.07 Å². The van der Waals surface area contributed by atoms with E-state index < -0.39 is 29.6 Å². The topological polar surface area (TPSA) is 90.6 Å². The molecule has 2 aliphatic heterocycles. The van der Waals surface area contributed by atoms with Gasteiger partial charge in [-0.2, -0.15) is 18.4 Å². The predicted octanol–water partition coefficient (Wildman–Crippen LogP) is 5.46. The Labute approximate surface area is 214 Å². The van der Waals surface area contributed by atoms with Crippen LogP contribution < -0.4 is 5.32 Å². The highest BCUT2D eigenvalue weighted by Crippen LogP contribution is 2.49. The average molecular weight is 538 g/mol. The summed E-state index contributed by atoms with van der Waals surface area (Å²) in [5, 5.41) is 16.2. The molecule has 3 aliphatic rings. The van der Waals surface area contributed by atoms with E-state index in [4.69, 9.17) is 28.0 Å². The Morgan fingerprint density at radius 1 is 1.11 bits per heavy atom. The molecular weight excluding hydrogens is 518 g/mol. The first-order chi connectivity index (χ1) is 17.0. The van der Waals surface area contributed by atoms with Crippen LogP contribution >= 0.6 is 23.2 Å². The second kappa shape index (κ2) is 8.82. The summed E-state index contributed by atoms with van der Waals surface area (Å²) in [4.78, 5) is 23.7. The molecule has 0 radical (unpaired) electrons. The fourth-order valence-corrected chi connectivity index (χ4v) is 5.48. The minimum atomic E-state index is -4.79. The molecule has 2 aromatic rings. The Hall–Kier alpha value is -3.03. The predicted molar refractivity (Wildman–Crippen MR) is 125 cm³/mol. The van der Waals surface area contributed by atoms with Gasteiger partial charge >= 0.3 is 6.18 Å². The number of nitrogens with zero attached hydrogens (tertiary/aromatic N) is 4. The van der Waals surface area contributed by atoms with Gasteiger partial charge in [0.15, 0.2) is 0 Å². The number of pyridine rings is 1. The third kappa shape index (κ3) is 4.24. The van der Waals surface area contributed by atoms with Crippen LogP contribution in [-0.2, 0) is 23.5 Å². The molecule has 1 aromatic carbocycles. The lowest BCUT2D eigenvalue weighted by Crippen LogP contribution is -2.45. The normalized spacial score (nSPS) is 22.6. The number of fused-ring (bicyclic) bond motifs is 1. The molecule has 3 heterocycles. The molecule has 1 aliphatic carbocycles. The summed E-state index contributed by atoms with van der Waals surface area (Å²) in [6, 6.07) is 7.50. The van der Waals surface area contributed by atoms with Crippen LogP contribution in [0.2, 0.25) is 10.0 Å². The number of hydrogen-bond acceptors (Lipinski definition) is 6. The zero-order valence-corrected chi connectivity index (χ0v) is 20.3. The third-order valence-electron chi connectivity index (χ3n) is 6.93. The molecule has 0 spiro atoms. The molecule has 12 heteroatoms. The van der Waals surface area contributed by atoms with Crippen LogP contribution in [0.25, 0.3) is 0 Å². The molecule has 1 atom stereocenters. The molecule has 1 amide bonds. The number of amidine groups is 1. The highest BCUT2D eigenvalue weighted by atomic mass is 35.5. The lowest BCUT2D eigenvalue weighted by Gasteiger charge is -2.30. The number of hydrogen-bond donors (Lipinski definition) is 1. The largest absolute Gasteiger partial charge is 0.435 e. The van der Waals surface area contributed by atoms with E-state index in [-0.39, 0.29) is 40.2 Å². The van der Waals surface area contributed by atoms with E-state index in [1.807, 2.05) is 0 Å². The van der Waals surface area contributed by atoms with E-state index >= 15 is 0 Å². The maximum atomic E-state index is 14.3. The number of nitrogens with one attached hydrogen (secondary N) is 1. The zero-order valence-electron chi connectivity index (χ0n) is 18.8. The van der Waals surface area contributed by atoms with Gasteiger partial charge in [-0.1, -0.05) is 28.4 Å². The van der Waals surface area contributed by atoms with Crippen molar-refractivity contribution in [1.82, 2.24) is 15.2 Å². The fraction of sp³-hybridized carbons (Fsp3) is 0.417. The Morgan fingerprint density at radius 2 is 1.78 bits per heavy atom. The van der Waals surface area contributed by atoms with Crippen molar-refractivity contribution in [2.75, 3.05) is 0 Å². The first-order valence-electron chi connectivity index (χ1n) is 11.3. The summed E-state index contributed by atoms with van der Waals surface area (Å²) < 4.78 is 42.8. The number of benzene rings is 1. The first-order valence-corrected chi connectivity index (χ1v) is 12.0. The smallest absolute Gasteiger partial charge is 0.372 e. The van der Waals surface area contributed by atoms with Gasteiger partial charge in [-0.05, 0) is 61.1 Å². The third-order valence-corrected chi connectivity index (χ3v) is 7.36. The Balaban J connectivity index is 1.34. The van der Waals surface area contributed by atoms with Gasteiger partial charge in [0.2, 0.25) is 0 Å². The maximum absolute atomic E-state index is 14.3. The van der Waals surface area contributed by atoms with Gasteiger partial charge in [0.05, 0.1) is 12.5 Å². The van der Waals surface area contributed by atoms with E-state index in [9.17, 15) is 23.2 Å². The van der Waals surface area contributed by atoms with Gasteiger partial charge in [0, 0.05) is 34.9 Å². The number of nitriles is 1. The number of carbonyl (C=O) groups excluding carboxylic acids is 1. The van der Waals surface area contributed by atoms with Crippen LogP contribution in [-0.4, -0.2) is 33.3 Å². The van der Waals surface area contributed by atoms with E-state index in [1.54, 1.807) is 11.0 Å². The monoisotopic (exact) mass is 537 g/mol. The summed E-state index contributed by atoms with van der Waals surface area (Å²) in [6.07, 6.45) is -0.909. The van der Waals surface area contributed by atoms with Crippen molar-refractivity contribution in [3.05, 3.63) is 62.9 Å². The van der Waals surface area contributed by atoms with Gasteiger partial charge < -0.3 is 15.1 Å². The average Bonchev–Trinajstić information content (AvgIpc) is 3.55. The molecule has 1 N–H and O–H groups in total. The minimum absolute atomic E-state index is 0.0550. The molecule has 5 rings (SSSR count). The zero-order chi connectivity index (χ0) is 25.7. The summed E-state index contributed by atoms with van der Waals surface area (Å²) in [7, 11) is 0. The molecule has 1 aromatic heterocycles. The second-order valence-electron chi connectivity index (χ2n) is 9.31. The number of amides is 1. The summed E-state index contributed by atoms with van der Waals surface area (Å²) in [6.45, 7) is 0.493. The SMILES string of the molecule is N#CC1(NC(=O)c2cc3c(cn2)CN(C2=NOC(c4cc(Cl)cc(Cl)c4)(C(F)(F)F)C2)C3)CCCC1. The molecule has 1 saturated carbocycles. The molecule has 7 nitrogen and oxygen atoms in total. The van der Waals surface area contributed by atoms with E-state index in [0.29, 0.717) is 12.8 Å².